The number of carboxylic acid groups (broad SMARTS) is 1. The fourth-order valence-electron chi connectivity index (χ4n) is 0.723. The molecule has 1 heterocycles. The van der Waals surface area contributed by atoms with Gasteiger partial charge in [-0.05, 0) is 0 Å². The smallest absolute Gasteiger partial charge is 0.338 e. The molecule has 1 rings (SSSR count). The van der Waals surface area contributed by atoms with Crippen LogP contribution < -0.4 is 11.1 Å². The Morgan fingerprint density at radius 1 is 1.43 bits per heavy atom. The van der Waals surface area contributed by atoms with Gasteiger partial charge in [-0.2, -0.15) is 0 Å². The second kappa shape index (κ2) is 4.17. The highest BCUT2D eigenvalue weighted by molar-refractivity contribution is 5.86. The number of aromatic nitrogens is 2. The van der Waals surface area contributed by atoms with Crippen molar-refractivity contribution in [2.75, 3.05) is 0 Å². The third-order valence-electron chi connectivity index (χ3n) is 1.37. The van der Waals surface area contributed by atoms with Gasteiger partial charge in [0.1, 0.15) is 5.82 Å². The molecule has 1 aromatic heterocycles. The fraction of sp³-hybridized carbons (Fsp3) is 0.143. The van der Waals surface area contributed by atoms with Crippen molar-refractivity contribution in [2.45, 2.75) is 6.54 Å². The number of carbonyl (C=O) groups is 2. The van der Waals surface area contributed by atoms with Crippen LogP contribution in [0.25, 0.3) is 0 Å². The predicted molar refractivity (Wildman–Crippen MR) is 45.4 cm³/mol. The van der Waals surface area contributed by atoms with Gasteiger partial charge in [0.25, 0.3) is 0 Å². The normalized spacial score (nSPS) is 9.43. The number of hydrogen-bond donors (Lipinski definition) is 3. The number of nitrogens with zero attached hydrogens (tertiary/aromatic N) is 2. The zero-order valence-corrected chi connectivity index (χ0v) is 7.10. The molecule has 0 fully saturated rings. The number of hydrogen-bond acceptors (Lipinski definition) is 4. The first-order valence-corrected chi connectivity index (χ1v) is 3.67. The van der Waals surface area contributed by atoms with E-state index in [2.05, 4.69) is 15.3 Å². The highest BCUT2D eigenvalue weighted by atomic mass is 16.4. The summed E-state index contributed by atoms with van der Waals surface area (Å²) < 4.78 is 0. The minimum Gasteiger partial charge on any atom is -0.478 e. The lowest BCUT2D eigenvalue weighted by atomic mass is 10.3. The average molecular weight is 196 g/mol. The van der Waals surface area contributed by atoms with Crippen molar-refractivity contribution in [2.24, 2.45) is 5.73 Å². The Labute approximate surface area is 79.0 Å². The van der Waals surface area contributed by atoms with Crippen LogP contribution in [0.2, 0.25) is 0 Å². The lowest BCUT2D eigenvalue weighted by molar-refractivity contribution is 0.0696. The van der Waals surface area contributed by atoms with Gasteiger partial charge >= 0.3 is 12.0 Å². The molecule has 0 saturated heterocycles. The van der Waals surface area contributed by atoms with Crippen molar-refractivity contribution in [3.8, 4) is 0 Å². The van der Waals surface area contributed by atoms with Crippen molar-refractivity contribution < 1.29 is 14.7 Å². The molecule has 0 aliphatic heterocycles. The number of nitrogens with two attached hydrogens (primary N) is 1. The topological polar surface area (TPSA) is 118 Å². The van der Waals surface area contributed by atoms with Gasteiger partial charge in [-0.25, -0.2) is 19.6 Å². The quantitative estimate of drug-likeness (QED) is 0.593. The Kier molecular flexibility index (Phi) is 2.95. The first kappa shape index (κ1) is 9.90. The summed E-state index contributed by atoms with van der Waals surface area (Å²) in [4.78, 5) is 28.1. The number of nitrogens with one attached hydrogen (secondary N) is 1. The molecule has 0 bridgehead atoms. The van der Waals surface area contributed by atoms with Crippen LogP contribution in [-0.4, -0.2) is 27.1 Å². The number of carboxylic acids is 1. The monoisotopic (exact) mass is 196 g/mol. The number of urea groups is 1. The summed E-state index contributed by atoms with van der Waals surface area (Å²) in [6.45, 7) is 0.0786. The molecule has 0 unspecified atom stereocenters. The summed E-state index contributed by atoms with van der Waals surface area (Å²) in [5.41, 5.74) is 4.81. The molecule has 1 aromatic rings. The van der Waals surface area contributed by atoms with E-state index in [1.54, 1.807) is 0 Å². The Bertz CT molecular complexity index is 348. The average Bonchev–Trinajstić information content (AvgIpc) is 2.15. The lowest BCUT2D eigenvalue weighted by Crippen LogP contribution is -2.29. The van der Waals surface area contributed by atoms with Crippen molar-refractivity contribution in [3.05, 3.63) is 23.8 Å². The maximum Gasteiger partial charge on any atom is 0.338 e. The van der Waals surface area contributed by atoms with Crippen LogP contribution >= 0.6 is 0 Å². The Hall–Kier alpha value is -2.18. The summed E-state index contributed by atoms with van der Waals surface area (Å²) >= 11 is 0. The van der Waals surface area contributed by atoms with Crippen molar-refractivity contribution in [3.63, 3.8) is 0 Å². The molecule has 0 aromatic carbocycles. The Balaban J connectivity index is 2.64. The predicted octanol–water partition coefficient (Wildman–Crippen LogP) is -0.657. The van der Waals surface area contributed by atoms with Crippen LogP contribution in [0.15, 0.2) is 12.4 Å². The molecule has 0 aliphatic carbocycles. The van der Waals surface area contributed by atoms with Gasteiger partial charge in [-0.3, -0.25) is 0 Å². The summed E-state index contributed by atoms with van der Waals surface area (Å²) in [5.74, 6) is -0.798. The standard InChI is InChI=1S/C7H8N4O3/c8-7(14)11-3-5-9-1-4(2-10-5)6(12)13/h1-2H,3H2,(H,12,13)(H3,8,11,14). The number of rotatable bonds is 3. The molecular weight excluding hydrogens is 188 g/mol. The van der Waals surface area contributed by atoms with Crippen molar-refractivity contribution in [1.29, 1.82) is 0 Å². The largest absolute Gasteiger partial charge is 0.478 e. The van der Waals surface area contributed by atoms with E-state index in [9.17, 15) is 9.59 Å². The number of primary amides is 1. The van der Waals surface area contributed by atoms with Crippen LogP contribution in [0.1, 0.15) is 16.2 Å². The van der Waals surface area contributed by atoms with Crippen LogP contribution in [-0.2, 0) is 6.54 Å². The molecule has 0 atom stereocenters. The van der Waals surface area contributed by atoms with E-state index in [0.717, 1.165) is 12.4 Å². The molecule has 4 N–H and O–H groups in total. The molecule has 0 radical (unpaired) electrons. The van der Waals surface area contributed by atoms with Crippen LogP contribution in [0.4, 0.5) is 4.79 Å². The second-order valence-electron chi connectivity index (χ2n) is 2.41. The molecule has 0 saturated carbocycles. The number of carbonyl (C=O) groups excluding carboxylic acids is 1. The Morgan fingerprint density at radius 2 is 2.00 bits per heavy atom. The summed E-state index contributed by atoms with van der Waals surface area (Å²) in [7, 11) is 0. The minimum atomic E-state index is -1.10. The molecule has 7 nitrogen and oxygen atoms in total. The SMILES string of the molecule is NC(=O)NCc1ncc(C(=O)O)cn1. The molecule has 74 valence electrons. The molecule has 0 spiro atoms. The van der Waals surface area contributed by atoms with Gasteiger partial charge in [0, 0.05) is 12.4 Å². The second-order valence-corrected chi connectivity index (χ2v) is 2.41. The van der Waals surface area contributed by atoms with Crippen molar-refractivity contribution >= 4 is 12.0 Å². The first-order chi connectivity index (χ1) is 6.59. The highest BCUT2D eigenvalue weighted by Crippen LogP contribution is 1.95. The van der Waals surface area contributed by atoms with Gasteiger partial charge in [0.15, 0.2) is 0 Å². The number of aromatic carboxylic acids is 1. The van der Waals surface area contributed by atoms with Crippen LogP contribution in [0.3, 0.4) is 0 Å². The maximum absolute atomic E-state index is 10.4. The summed E-state index contributed by atoms with van der Waals surface area (Å²) in [6.07, 6.45) is 2.32. The van der Waals surface area contributed by atoms with Gasteiger partial charge in [-0.15, -0.1) is 0 Å². The molecular formula is C7H8N4O3. The molecule has 14 heavy (non-hydrogen) atoms. The summed E-state index contributed by atoms with van der Waals surface area (Å²) in [6, 6.07) is -0.684. The summed E-state index contributed by atoms with van der Waals surface area (Å²) in [5, 5.41) is 10.8. The van der Waals surface area contributed by atoms with Gasteiger partial charge in [0.05, 0.1) is 12.1 Å². The van der Waals surface area contributed by atoms with Gasteiger partial charge in [-0.1, -0.05) is 0 Å². The van der Waals surface area contributed by atoms with E-state index in [1.807, 2.05) is 0 Å². The zero-order valence-electron chi connectivity index (χ0n) is 7.10. The Morgan fingerprint density at radius 3 is 2.43 bits per heavy atom. The van der Waals surface area contributed by atoms with E-state index in [-0.39, 0.29) is 12.1 Å². The van der Waals surface area contributed by atoms with Crippen molar-refractivity contribution in [1.82, 2.24) is 15.3 Å². The third-order valence-corrected chi connectivity index (χ3v) is 1.37. The first-order valence-electron chi connectivity index (χ1n) is 3.67. The fourth-order valence-corrected chi connectivity index (χ4v) is 0.723. The highest BCUT2D eigenvalue weighted by Gasteiger charge is 2.04. The number of amides is 2. The van der Waals surface area contributed by atoms with E-state index in [0.29, 0.717) is 5.82 Å². The van der Waals surface area contributed by atoms with E-state index in [4.69, 9.17) is 10.8 Å². The maximum atomic E-state index is 10.4. The van der Waals surface area contributed by atoms with Crippen LogP contribution in [0, 0.1) is 0 Å². The van der Waals surface area contributed by atoms with Gasteiger partial charge < -0.3 is 16.2 Å². The van der Waals surface area contributed by atoms with E-state index >= 15 is 0 Å². The van der Waals surface area contributed by atoms with E-state index < -0.39 is 12.0 Å². The third kappa shape index (κ3) is 2.70. The minimum absolute atomic E-state index is 0.00664. The molecule has 2 amide bonds. The molecule has 7 heteroatoms. The van der Waals surface area contributed by atoms with Crippen LogP contribution in [0.5, 0.6) is 0 Å². The van der Waals surface area contributed by atoms with E-state index in [1.165, 1.54) is 0 Å². The van der Waals surface area contributed by atoms with Gasteiger partial charge in [0.2, 0.25) is 0 Å². The molecule has 0 aliphatic rings. The lowest BCUT2D eigenvalue weighted by Gasteiger charge is -2.00. The zero-order chi connectivity index (χ0) is 10.6.